The second-order valence-electron chi connectivity index (χ2n) is 3.15. The van der Waals surface area contributed by atoms with Gasteiger partial charge in [0, 0.05) is 11.8 Å². The molecule has 1 rings (SSSR count). The van der Waals surface area contributed by atoms with Gasteiger partial charge in [-0.2, -0.15) is 0 Å². The third kappa shape index (κ3) is 2.49. The lowest BCUT2D eigenvalue weighted by Crippen LogP contribution is -2.07. The van der Waals surface area contributed by atoms with Crippen LogP contribution in [0.25, 0.3) is 0 Å². The van der Waals surface area contributed by atoms with Crippen molar-refractivity contribution in [3.8, 4) is 5.75 Å². The van der Waals surface area contributed by atoms with E-state index < -0.39 is 20.5 Å². The molecule has 16 heavy (non-hydrogen) atoms. The number of methoxy groups -OCH3 is 1. The molecule has 2 N–H and O–H groups in total. The van der Waals surface area contributed by atoms with Gasteiger partial charge in [-0.05, 0) is 6.07 Å². The van der Waals surface area contributed by atoms with E-state index in [4.69, 9.17) is 10.6 Å². The first kappa shape index (κ1) is 12.9. The first-order valence-corrected chi connectivity index (χ1v) is 6.18. The largest absolute Gasteiger partial charge is 0.493 e. The number of nitrogens with two attached hydrogens (primary N) is 1. The maximum Gasteiger partial charge on any atom is 0.184 e. The molecule has 7 heteroatoms. The quantitative estimate of drug-likeness (QED) is 0.792. The van der Waals surface area contributed by atoms with Crippen molar-refractivity contribution < 1.29 is 22.4 Å². The van der Waals surface area contributed by atoms with E-state index in [0.717, 1.165) is 12.3 Å². The summed E-state index contributed by atoms with van der Waals surface area (Å²) in [7, 11) is -2.38. The predicted molar refractivity (Wildman–Crippen MR) is 55.0 cm³/mol. The van der Waals surface area contributed by atoms with Crippen LogP contribution in [0.3, 0.4) is 0 Å². The number of benzene rings is 1. The first-order valence-electron chi connectivity index (χ1n) is 4.29. The van der Waals surface area contributed by atoms with Crippen LogP contribution in [0.1, 0.15) is 5.56 Å². The van der Waals surface area contributed by atoms with Gasteiger partial charge in [0.1, 0.15) is 4.90 Å². The summed E-state index contributed by atoms with van der Waals surface area (Å²) in [5.41, 5.74) is 0.343. The minimum absolute atomic E-state index is 0.0653. The molecule has 0 atom stereocenters. The maximum atomic E-state index is 13.8. The number of rotatable bonds is 4. The highest BCUT2D eigenvalue weighted by atomic mass is 32.2. The molecular formula is C9H12FNO4S. The summed E-state index contributed by atoms with van der Waals surface area (Å²) in [4.78, 5) is 3.94. The Hall–Kier alpha value is -1.18. The SMILES string of the molecule is COc1c(CON)ccc(S(C)(=O)=O)c1F. The average molecular weight is 249 g/mol. The van der Waals surface area contributed by atoms with Gasteiger partial charge in [0.2, 0.25) is 0 Å². The van der Waals surface area contributed by atoms with Gasteiger partial charge in [-0.1, -0.05) is 6.07 Å². The van der Waals surface area contributed by atoms with Crippen LogP contribution in [0, 0.1) is 5.82 Å². The van der Waals surface area contributed by atoms with Crippen LogP contribution in [-0.4, -0.2) is 21.8 Å². The fraction of sp³-hybridized carbons (Fsp3) is 0.333. The monoisotopic (exact) mass is 249 g/mol. The highest BCUT2D eigenvalue weighted by Gasteiger charge is 2.20. The van der Waals surface area contributed by atoms with Crippen molar-refractivity contribution in [2.75, 3.05) is 13.4 Å². The third-order valence-corrected chi connectivity index (χ3v) is 3.10. The predicted octanol–water partition coefficient (Wildman–Crippen LogP) is 0.628. The van der Waals surface area contributed by atoms with E-state index in [9.17, 15) is 12.8 Å². The van der Waals surface area contributed by atoms with Crippen molar-refractivity contribution in [1.29, 1.82) is 0 Å². The molecule has 0 bridgehead atoms. The Balaban J connectivity index is 3.40. The van der Waals surface area contributed by atoms with Gasteiger partial charge in [-0.15, -0.1) is 0 Å². The molecule has 0 heterocycles. The minimum atomic E-state index is -3.62. The zero-order valence-corrected chi connectivity index (χ0v) is 9.67. The molecule has 0 aromatic heterocycles. The Morgan fingerprint density at radius 2 is 2.06 bits per heavy atom. The van der Waals surface area contributed by atoms with E-state index in [-0.39, 0.29) is 12.4 Å². The molecule has 1 aromatic carbocycles. The van der Waals surface area contributed by atoms with Crippen LogP contribution in [0.5, 0.6) is 5.75 Å². The lowest BCUT2D eigenvalue weighted by atomic mass is 10.2. The molecule has 0 aliphatic rings. The maximum absolute atomic E-state index is 13.8. The molecule has 90 valence electrons. The molecule has 0 fully saturated rings. The fourth-order valence-electron chi connectivity index (χ4n) is 1.29. The van der Waals surface area contributed by atoms with Crippen molar-refractivity contribution >= 4 is 9.84 Å². The Bertz CT molecular complexity index is 487. The zero-order chi connectivity index (χ0) is 12.3. The van der Waals surface area contributed by atoms with Crippen LogP contribution in [0.4, 0.5) is 4.39 Å². The summed E-state index contributed by atoms with van der Waals surface area (Å²) in [6, 6.07) is 2.55. The lowest BCUT2D eigenvalue weighted by Gasteiger charge is -2.10. The molecule has 0 saturated carbocycles. The topological polar surface area (TPSA) is 78.6 Å². The summed E-state index contributed by atoms with van der Waals surface area (Å²) >= 11 is 0. The summed E-state index contributed by atoms with van der Waals surface area (Å²) in [6.07, 6.45) is 0.921. The molecule has 0 aliphatic heterocycles. The van der Waals surface area contributed by atoms with Gasteiger partial charge >= 0.3 is 0 Å². The van der Waals surface area contributed by atoms with Crippen LogP contribution in [0.15, 0.2) is 17.0 Å². The van der Waals surface area contributed by atoms with Crippen LogP contribution in [-0.2, 0) is 21.3 Å². The van der Waals surface area contributed by atoms with Crippen LogP contribution in [0.2, 0.25) is 0 Å². The molecule has 1 aromatic rings. The van der Waals surface area contributed by atoms with Crippen molar-refractivity contribution in [1.82, 2.24) is 0 Å². The van der Waals surface area contributed by atoms with Crippen molar-refractivity contribution in [2.45, 2.75) is 11.5 Å². The van der Waals surface area contributed by atoms with Gasteiger partial charge in [-0.25, -0.2) is 18.7 Å². The Morgan fingerprint density at radius 1 is 1.44 bits per heavy atom. The number of hydrogen-bond donors (Lipinski definition) is 1. The molecule has 0 saturated heterocycles. The minimum Gasteiger partial charge on any atom is -0.493 e. The number of halogens is 1. The summed E-state index contributed by atoms with van der Waals surface area (Å²) < 4.78 is 41.0. The van der Waals surface area contributed by atoms with E-state index in [2.05, 4.69) is 4.84 Å². The van der Waals surface area contributed by atoms with E-state index >= 15 is 0 Å². The Morgan fingerprint density at radius 3 is 2.50 bits per heavy atom. The molecule has 0 aliphatic carbocycles. The average Bonchev–Trinajstić information content (AvgIpc) is 2.16. The number of sulfone groups is 1. The normalized spacial score (nSPS) is 11.5. The van der Waals surface area contributed by atoms with Gasteiger partial charge in [0.15, 0.2) is 21.4 Å². The van der Waals surface area contributed by atoms with E-state index in [1.807, 2.05) is 0 Å². The standard InChI is InChI=1S/C9H12FNO4S/c1-14-9-6(5-15-11)3-4-7(8(9)10)16(2,12)13/h3-4H,5,11H2,1-2H3. The van der Waals surface area contributed by atoms with Crippen molar-refractivity contribution in [3.05, 3.63) is 23.5 Å². The summed E-state index contributed by atoms with van der Waals surface area (Å²) in [6.45, 7) is -0.0653. The molecule has 0 radical (unpaired) electrons. The zero-order valence-electron chi connectivity index (χ0n) is 8.86. The lowest BCUT2D eigenvalue weighted by molar-refractivity contribution is 0.121. The van der Waals surface area contributed by atoms with Gasteiger partial charge in [0.25, 0.3) is 0 Å². The Labute approximate surface area is 92.8 Å². The smallest absolute Gasteiger partial charge is 0.184 e. The van der Waals surface area contributed by atoms with Gasteiger partial charge < -0.3 is 4.74 Å². The fourth-order valence-corrected chi connectivity index (χ4v) is 2.02. The van der Waals surface area contributed by atoms with E-state index in [0.29, 0.717) is 5.56 Å². The third-order valence-electron chi connectivity index (χ3n) is 1.99. The second kappa shape index (κ2) is 4.77. The van der Waals surface area contributed by atoms with Gasteiger partial charge in [-0.3, -0.25) is 4.84 Å². The van der Waals surface area contributed by atoms with Crippen molar-refractivity contribution in [2.24, 2.45) is 5.90 Å². The summed E-state index contributed by atoms with van der Waals surface area (Å²) in [5.74, 6) is 3.76. The second-order valence-corrected chi connectivity index (χ2v) is 5.14. The van der Waals surface area contributed by atoms with Crippen LogP contribution >= 0.6 is 0 Å². The van der Waals surface area contributed by atoms with Crippen LogP contribution < -0.4 is 10.6 Å². The summed E-state index contributed by atoms with van der Waals surface area (Å²) in [5, 5.41) is 0. The highest BCUT2D eigenvalue weighted by molar-refractivity contribution is 7.90. The first-order chi connectivity index (χ1) is 7.41. The van der Waals surface area contributed by atoms with E-state index in [1.54, 1.807) is 0 Å². The highest BCUT2D eigenvalue weighted by Crippen LogP contribution is 2.28. The van der Waals surface area contributed by atoms with Crippen molar-refractivity contribution in [3.63, 3.8) is 0 Å². The molecule has 0 unspecified atom stereocenters. The molecule has 5 nitrogen and oxygen atoms in total. The number of hydrogen-bond acceptors (Lipinski definition) is 5. The Kier molecular flexibility index (Phi) is 3.84. The molecule has 0 amide bonds. The number of ether oxygens (including phenoxy) is 1. The van der Waals surface area contributed by atoms with E-state index in [1.165, 1.54) is 13.2 Å². The molecular weight excluding hydrogens is 237 g/mol. The molecule has 0 spiro atoms. The van der Waals surface area contributed by atoms with Gasteiger partial charge in [0.05, 0.1) is 13.7 Å².